The van der Waals surface area contributed by atoms with Gasteiger partial charge in [-0.2, -0.15) is 4.98 Å². The average Bonchev–Trinajstić information content (AvgIpc) is 2.98. The molecular weight excluding hydrogens is 329 g/mol. The summed E-state index contributed by atoms with van der Waals surface area (Å²) < 4.78 is 45.3. The summed E-state index contributed by atoms with van der Waals surface area (Å²) in [5.41, 5.74) is -0.635. The molecule has 10 heteroatoms. The van der Waals surface area contributed by atoms with Crippen molar-refractivity contribution in [1.82, 2.24) is 15.2 Å². The molecule has 3 rings (SSSR count). The molecule has 2 heterocycles. The number of anilines is 2. The van der Waals surface area contributed by atoms with E-state index in [2.05, 4.69) is 25.2 Å². The highest BCUT2D eigenvalue weighted by molar-refractivity contribution is 5.54. The molecule has 7 nitrogen and oxygen atoms in total. The zero-order chi connectivity index (χ0) is 17.2. The number of alkyl halides is 3. The van der Waals surface area contributed by atoms with Gasteiger partial charge < -0.3 is 19.9 Å². The van der Waals surface area contributed by atoms with E-state index in [9.17, 15) is 18.3 Å². The number of aromatic nitrogens is 3. The van der Waals surface area contributed by atoms with E-state index < -0.39 is 12.0 Å². The fourth-order valence-corrected chi connectivity index (χ4v) is 2.34. The molecule has 0 amide bonds. The fourth-order valence-electron chi connectivity index (χ4n) is 2.34. The molecule has 0 aliphatic carbocycles. The minimum absolute atomic E-state index is 0.203. The van der Waals surface area contributed by atoms with Crippen molar-refractivity contribution in [1.29, 1.82) is 0 Å². The molecule has 0 saturated carbocycles. The number of hydrogen-bond donors (Lipinski definition) is 3. The third kappa shape index (κ3) is 3.95. The van der Waals surface area contributed by atoms with E-state index in [0.717, 1.165) is 0 Å². The zero-order valence-electron chi connectivity index (χ0n) is 12.4. The molecule has 0 atom stereocenters. The van der Waals surface area contributed by atoms with Gasteiger partial charge in [-0.25, -0.2) is 0 Å². The number of benzene rings is 1. The van der Waals surface area contributed by atoms with Gasteiger partial charge in [-0.15, -0.1) is 18.3 Å². The van der Waals surface area contributed by atoms with Crippen molar-refractivity contribution in [3.8, 4) is 5.75 Å². The first kappa shape index (κ1) is 16.5. The molecule has 1 aliphatic rings. The van der Waals surface area contributed by atoms with Gasteiger partial charge in [0.25, 0.3) is 0 Å². The van der Waals surface area contributed by atoms with E-state index in [1.165, 1.54) is 24.3 Å². The predicted molar refractivity (Wildman–Crippen MR) is 76.7 cm³/mol. The van der Waals surface area contributed by atoms with Gasteiger partial charge in [-0.3, -0.25) is 5.10 Å². The number of nitrogens with zero attached hydrogens (tertiary/aromatic N) is 2. The van der Waals surface area contributed by atoms with E-state index >= 15 is 0 Å². The van der Waals surface area contributed by atoms with Crippen LogP contribution in [0.15, 0.2) is 24.3 Å². The number of halogens is 3. The summed E-state index contributed by atoms with van der Waals surface area (Å²) in [7, 11) is 0. The van der Waals surface area contributed by atoms with E-state index in [4.69, 9.17) is 4.74 Å². The van der Waals surface area contributed by atoms with Crippen LogP contribution in [0.5, 0.6) is 5.75 Å². The van der Waals surface area contributed by atoms with Gasteiger partial charge >= 0.3 is 6.36 Å². The van der Waals surface area contributed by atoms with Crippen LogP contribution in [0.4, 0.5) is 24.8 Å². The Labute approximate surface area is 134 Å². The molecule has 0 radical (unpaired) electrons. The average molecular weight is 344 g/mol. The normalized spacial score (nSPS) is 17.5. The number of aromatic amines is 1. The largest absolute Gasteiger partial charge is 0.573 e. The first-order valence-corrected chi connectivity index (χ1v) is 7.20. The molecular formula is C14H15F3N4O3. The first-order valence-electron chi connectivity index (χ1n) is 7.20. The molecule has 0 unspecified atom stereocenters. The van der Waals surface area contributed by atoms with Crippen molar-refractivity contribution in [2.75, 3.05) is 18.5 Å². The van der Waals surface area contributed by atoms with Crippen molar-refractivity contribution in [2.24, 2.45) is 0 Å². The summed E-state index contributed by atoms with van der Waals surface area (Å²) in [4.78, 5) is 4.19. The van der Waals surface area contributed by atoms with Crippen molar-refractivity contribution < 1.29 is 27.8 Å². The Morgan fingerprint density at radius 2 is 1.88 bits per heavy atom. The fraction of sp³-hybridized carbons (Fsp3) is 0.429. The lowest BCUT2D eigenvalue weighted by atomic mass is 9.94. The Bertz CT molecular complexity index is 681. The maximum atomic E-state index is 12.1. The highest BCUT2D eigenvalue weighted by atomic mass is 19.4. The lowest BCUT2D eigenvalue weighted by Gasteiger charge is -2.29. The van der Waals surface area contributed by atoms with Crippen LogP contribution in [-0.4, -0.2) is 39.9 Å². The summed E-state index contributed by atoms with van der Waals surface area (Å²) in [6.45, 7) is 0.862. The van der Waals surface area contributed by atoms with E-state index in [-0.39, 0.29) is 11.7 Å². The SMILES string of the molecule is OC1(c2nc(Nc3ccc(OC(F)(F)F)cc3)n[nH]2)CCOCC1. The van der Waals surface area contributed by atoms with Crippen LogP contribution in [0, 0.1) is 0 Å². The van der Waals surface area contributed by atoms with Crippen LogP contribution in [0.25, 0.3) is 0 Å². The van der Waals surface area contributed by atoms with E-state index in [1.54, 1.807) is 0 Å². The van der Waals surface area contributed by atoms with Gasteiger partial charge in [0, 0.05) is 31.7 Å². The molecule has 1 fully saturated rings. The molecule has 0 bridgehead atoms. The molecule has 1 aromatic heterocycles. The van der Waals surface area contributed by atoms with E-state index in [1.807, 2.05) is 0 Å². The topological polar surface area (TPSA) is 92.3 Å². The summed E-state index contributed by atoms with van der Waals surface area (Å²) in [6.07, 6.45) is -3.91. The maximum Gasteiger partial charge on any atom is 0.573 e. The number of nitrogens with one attached hydrogen (secondary N) is 2. The second-order valence-electron chi connectivity index (χ2n) is 5.35. The highest BCUT2D eigenvalue weighted by Gasteiger charge is 2.35. The van der Waals surface area contributed by atoms with Gasteiger partial charge in [-0.05, 0) is 24.3 Å². The molecule has 0 spiro atoms. The van der Waals surface area contributed by atoms with Crippen LogP contribution >= 0.6 is 0 Å². The van der Waals surface area contributed by atoms with Crippen molar-refractivity contribution in [2.45, 2.75) is 24.8 Å². The Morgan fingerprint density at radius 1 is 1.21 bits per heavy atom. The number of aliphatic hydroxyl groups is 1. The minimum atomic E-state index is -4.73. The second kappa shape index (κ2) is 6.29. The van der Waals surface area contributed by atoms with Gasteiger partial charge in [0.05, 0.1) is 0 Å². The lowest BCUT2D eigenvalue weighted by Crippen LogP contribution is -2.34. The van der Waals surface area contributed by atoms with Crippen molar-refractivity contribution in [3.63, 3.8) is 0 Å². The van der Waals surface area contributed by atoms with Crippen LogP contribution in [0.1, 0.15) is 18.7 Å². The molecule has 24 heavy (non-hydrogen) atoms. The molecule has 1 saturated heterocycles. The minimum Gasteiger partial charge on any atom is -0.406 e. The van der Waals surface area contributed by atoms with Crippen LogP contribution < -0.4 is 10.1 Å². The van der Waals surface area contributed by atoms with Crippen molar-refractivity contribution >= 4 is 11.6 Å². The maximum absolute atomic E-state index is 12.1. The van der Waals surface area contributed by atoms with Crippen LogP contribution in [0.3, 0.4) is 0 Å². The summed E-state index contributed by atoms with van der Waals surface area (Å²) in [5, 5.41) is 20.0. The third-order valence-electron chi connectivity index (χ3n) is 3.59. The zero-order valence-corrected chi connectivity index (χ0v) is 12.4. The third-order valence-corrected chi connectivity index (χ3v) is 3.59. The van der Waals surface area contributed by atoms with Crippen molar-refractivity contribution in [3.05, 3.63) is 30.1 Å². The van der Waals surface area contributed by atoms with Gasteiger partial charge in [0.2, 0.25) is 5.95 Å². The lowest BCUT2D eigenvalue weighted by molar-refractivity contribution is -0.274. The van der Waals surface area contributed by atoms with E-state index in [0.29, 0.717) is 37.6 Å². The molecule has 2 aromatic rings. The summed E-state index contributed by atoms with van der Waals surface area (Å²) in [6, 6.07) is 5.16. The summed E-state index contributed by atoms with van der Waals surface area (Å²) >= 11 is 0. The van der Waals surface area contributed by atoms with Crippen LogP contribution in [0.2, 0.25) is 0 Å². The molecule has 3 N–H and O–H groups in total. The van der Waals surface area contributed by atoms with Crippen LogP contribution in [-0.2, 0) is 10.3 Å². The first-order chi connectivity index (χ1) is 11.3. The summed E-state index contributed by atoms with van der Waals surface area (Å²) in [5.74, 6) is 0.208. The quantitative estimate of drug-likeness (QED) is 0.789. The smallest absolute Gasteiger partial charge is 0.406 e. The monoisotopic (exact) mass is 344 g/mol. The number of ether oxygens (including phenoxy) is 2. The van der Waals surface area contributed by atoms with Gasteiger partial charge in [0.1, 0.15) is 11.4 Å². The molecule has 130 valence electrons. The second-order valence-corrected chi connectivity index (χ2v) is 5.35. The Morgan fingerprint density at radius 3 is 2.50 bits per heavy atom. The Kier molecular flexibility index (Phi) is 4.33. The van der Waals surface area contributed by atoms with Gasteiger partial charge in [0.15, 0.2) is 5.82 Å². The Balaban J connectivity index is 1.66. The number of hydrogen-bond acceptors (Lipinski definition) is 6. The highest BCUT2D eigenvalue weighted by Crippen LogP contribution is 2.30. The molecule has 1 aliphatic heterocycles. The Hall–Kier alpha value is -2.33. The molecule has 1 aromatic carbocycles. The standard InChI is InChI=1S/C14H15F3N4O3/c15-14(16,17)24-10-3-1-9(2-4-10)18-12-19-11(20-21-12)13(22)5-7-23-8-6-13/h1-4,22H,5-8H2,(H2,18,19,20,21). The number of rotatable bonds is 4. The number of H-pyrrole nitrogens is 1. The predicted octanol–water partition coefficient (Wildman–Crippen LogP) is 2.44. The van der Waals surface area contributed by atoms with Gasteiger partial charge in [-0.1, -0.05) is 0 Å².